The molecule has 1 aliphatic rings. The van der Waals surface area contributed by atoms with Crippen molar-refractivity contribution < 1.29 is 9.21 Å². The molecule has 0 saturated heterocycles. The fourth-order valence-electron chi connectivity index (χ4n) is 3.03. The zero-order valence-electron chi connectivity index (χ0n) is 11.9. The van der Waals surface area contributed by atoms with Gasteiger partial charge in [0.2, 0.25) is 5.91 Å². The predicted octanol–water partition coefficient (Wildman–Crippen LogP) is 2.18. The molecule has 5 nitrogen and oxygen atoms in total. The van der Waals surface area contributed by atoms with Crippen LogP contribution in [0.2, 0.25) is 0 Å². The van der Waals surface area contributed by atoms with E-state index in [4.69, 9.17) is 10.2 Å². The van der Waals surface area contributed by atoms with Crippen LogP contribution in [0.4, 0.5) is 0 Å². The Hall–Kier alpha value is -1.01. The van der Waals surface area contributed by atoms with E-state index in [9.17, 15) is 4.79 Å². The largest absolute Gasteiger partial charge is 0.440 e. The Morgan fingerprint density at radius 1 is 1.70 bits per heavy atom. The van der Waals surface area contributed by atoms with E-state index in [-0.39, 0.29) is 5.91 Å². The lowest BCUT2D eigenvalue weighted by atomic mass is 9.84. The number of rotatable bonds is 8. The number of aromatic nitrogens is 1. The maximum absolute atomic E-state index is 12.0. The summed E-state index contributed by atoms with van der Waals surface area (Å²) in [6.45, 7) is 2.94. The molecular formula is C14H23N3O2S. The van der Waals surface area contributed by atoms with E-state index < -0.39 is 5.54 Å². The standard InChI is InChI=1S/C14H23N3O2S/c1-2-7-17-14(12(15)18)6-3-4-11(14)5-10-20-13-16-8-9-19-13/h8-9,11,17H,2-7,10H2,1H3,(H2,15,18). The van der Waals surface area contributed by atoms with Crippen molar-refractivity contribution in [3.63, 3.8) is 0 Å². The Bertz CT molecular complexity index is 424. The average molecular weight is 297 g/mol. The van der Waals surface area contributed by atoms with Gasteiger partial charge in [0, 0.05) is 5.75 Å². The Morgan fingerprint density at radius 2 is 2.55 bits per heavy atom. The van der Waals surface area contributed by atoms with Crippen molar-refractivity contribution >= 4 is 17.7 Å². The van der Waals surface area contributed by atoms with Gasteiger partial charge in [-0.1, -0.05) is 25.1 Å². The number of amides is 1. The summed E-state index contributed by atoms with van der Waals surface area (Å²) < 4.78 is 5.21. The second kappa shape index (κ2) is 7.13. The molecule has 1 amide bonds. The number of hydrogen-bond acceptors (Lipinski definition) is 5. The average Bonchev–Trinajstić information content (AvgIpc) is 3.06. The van der Waals surface area contributed by atoms with Crippen LogP contribution in [0.25, 0.3) is 0 Å². The minimum Gasteiger partial charge on any atom is -0.440 e. The maximum atomic E-state index is 12.0. The van der Waals surface area contributed by atoms with Crippen LogP contribution in [-0.2, 0) is 4.79 Å². The summed E-state index contributed by atoms with van der Waals surface area (Å²) in [4.78, 5) is 16.0. The molecule has 0 aromatic carbocycles. The second-order valence-corrected chi connectivity index (χ2v) is 6.33. The summed E-state index contributed by atoms with van der Waals surface area (Å²) in [6, 6.07) is 0. The van der Waals surface area contributed by atoms with Gasteiger partial charge in [-0.25, -0.2) is 4.98 Å². The Balaban J connectivity index is 1.92. The minimum absolute atomic E-state index is 0.199. The van der Waals surface area contributed by atoms with Gasteiger partial charge >= 0.3 is 0 Å². The van der Waals surface area contributed by atoms with E-state index in [0.29, 0.717) is 11.1 Å². The van der Waals surface area contributed by atoms with Crippen LogP contribution in [-0.4, -0.2) is 28.7 Å². The molecule has 6 heteroatoms. The van der Waals surface area contributed by atoms with Crippen LogP contribution in [0, 0.1) is 5.92 Å². The lowest BCUT2D eigenvalue weighted by molar-refractivity contribution is -0.126. The molecule has 0 spiro atoms. The number of carbonyl (C=O) groups excluding carboxylic acids is 1. The third kappa shape index (κ3) is 3.35. The zero-order valence-corrected chi connectivity index (χ0v) is 12.7. The number of primary amides is 1. The van der Waals surface area contributed by atoms with Crippen molar-refractivity contribution in [2.24, 2.45) is 11.7 Å². The number of nitrogens with one attached hydrogen (secondary N) is 1. The highest BCUT2D eigenvalue weighted by Gasteiger charge is 2.46. The van der Waals surface area contributed by atoms with Crippen molar-refractivity contribution in [1.82, 2.24) is 10.3 Å². The van der Waals surface area contributed by atoms with Crippen molar-refractivity contribution in [3.8, 4) is 0 Å². The van der Waals surface area contributed by atoms with Gasteiger partial charge < -0.3 is 15.5 Å². The highest BCUT2D eigenvalue weighted by molar-refractivity contribution is 7.99. The number of oxazole rings is 1. The van der Waals surface area contributed by atoms with Gasteiger partial charge in [-0.05, 0) is 38.1 Å². The molecule has 1 heterocycles. The van der Waals surface area contributed by atoms with Crippen molar-refractivity contribution in [1.29, 1.82) is 0 Å². The smallest absolute Gasteiger partial charge is 0.255 e. The van der Waals surface area contributed by atoms with E-state index in [1.54, 1.807) is 24.2 Å². The minimum atomic E-state index is -0.507. The molecule has 112 valence electrons. The lowest BCUT2D eigenvalue weighted by Crippen LogP contribution is -2.58. The van der Waals surface area contributed by atoms with Crippen molar-refractivity contribution in [2.75, 3.05) is 12.3 Å². The molecule has 0 bridgehead atoms. The molecule has 1 saturated carbocycles. The van der Waals surface area contributed by atoms with Crippen LogP contribution in [0.15, 0.2) is 22.1 Å². The number of nitrogens with two attached hydrogens (primary N) is 1. The fraction of sp³-hybridized carbons (Fsp3) is 0.714. The van der Waals surface area contributed by atoms with Gasteiger partial charge in [0.15, 0.2) is 0 Å². The van der Waals surface area contributed by atoms with Crippen LogP contribution in [0.5, 0.6) is 0 Å². The van der Waals surface area contributed by atoms with E-state index in [0.717, 1.165) is 44.4 Å². The summed E-state index contributed by atoms with van der Waals surface area (Å²) in [5, 5.41) is 4.10. The highest BCUT2D eigenvalue weighted by atomic mass is 32.2. The van der Waals surface area contributed by atoms with Gasteiger partial charge in [0.05, 0.1) is 6.20 Å². The van der Waals surface area contributed by atoms with E-state index in [2.05, 4.69) is 17.2 Å². The number of thioether (sulfide) groups is 1. The SMILES string of the molecule is CCCNC1(C(N)=O)CCCC1CCSc1ncco1. The Kier molecular flexibility index (Phi) is 5.48. The molecule has 2 rings (SSSR count). The molecule has 2 unspecified atom stereocenters. The van der Waals surface area contributed by atoms with Gasteiger partial charge in [0.1, 0.15) is 11.8 Å². The molecule has 1 aromatic rings. The number of carbonyl (C=O) groups is 1. The molecule has 1 aromatic heterocycles. The molecule has 20 heavy (non-hydrogen) atoms. The van der Waals surface area contributed by atoms with E-state index >= 15 is 0 Å². The first-order valence-corrected chi connectivity index (χ1v) is 8.25. The van der Waals surface area contributed by atoms with Crippen LogP contribution < -0.4 is 11.1 Å². The maximum Gasteiger partial charge on any atom is 0.255 e. The summed E-state index contributed by atoms with van der Waals surface area (Å²) in [5.74, 6) is 1.01. The van der Waals surface area contributed by atoms with Crippen LogP contribution in [0.3, 0.4) is 0 Å². The first-order chi connectivity index (χ1) is 9.69. The molecular weight excluding hydrogens is 274 g/mol. The molecule has 1 fully saturated rings. The van der Waals surface area contributed by atoms with E-state index in [1.165, 1.54) is 0 Å². The van der Waals surface area contributed by atoms with Gasteiger partial charge in [0.25, 0.3) is 5.22 Å². The predicted molar refractivity (Wildman–Crippen MR) is 79.4 cm³/mol. The highest BCUT2D eigenvalue weighted by Crippen LogP contribution is 2.39. The molecule has 3 N–H and O–H groups in total. The summed E-state index contributed by atoms with van der Waals surface area (Å²) in [7, 11) is 0. The van der Waals surface area contributed by atoms with Gasteiger partial charge in [-0.2, -0.15) is 0 Å². The number of nitrogens with zero attached hydrogens (tertiary/aromatic N) is 1. The van der Waals surface area contributed by atoms with Crippen molar-refractivity contribution in [2.45, 2.75) is 49.8 Å². The fourth-order valence-corrected chi connectivity index (χ4v) is 3.87. The Labute approximate surface area is 124 Å². The van der Waals surface area contributed by atoms with Crippen LogP contribution >= 0.6 is 11.8 Å². The van der Waals surface area contributed by atoms with Crippen LogP contribution in [0.1, 0.15) is 39.0 Å². The normalized spacial score (nSPS) is 25.9. The summed E-state index contributed by atoms with van der Waals surface area (Å²) >= 11 is 1.59. The summed E-state index contributed by atoms with van der Waals surface area (Å²) in [6.07, 6.45) is 8.17. The quantitative estimate of drug-likeness (QED) is 0.719. The number of hydrogen-bond donors (Lipinski definition) is 2. The second-order valence-electron chi connectivity index (χ2n) is 5.29. The first-order valence-electron chi connectivity index (χ1n) is 7.26. The molecule has 0 aliphatic heterocycles. The van der Waals surface area contributed by atoms with Gasteiger partial charge in [-0.3, -0.25) is 4.79 Å². The monoisotopic (exact) mass is 297 g/mol. The van der Waals surface area contributed by atoms with E-state index in [1.807, 2.05) is 0 Å². The molecule has 1 aliphatic carbocycles. The molecule has 0 radical (unpaired) electrons. The zero-order chi connectivity index (χ0) is 14.4. The lowest BCUT2D eigenvalue weighted by Gasteiger charge is -2.33. The summed E-state index contributed by atoms with van der Waals surface area (Å²) in [5.41, 5.74) is 5.18. The third-order valence-electron chi connectivity index (χ3n) is 4.05. The first kappa shape index (κ1) is 15.4. The molecule has 2 atom stereocenters. The van der Waals surface area contributed by atoms with Crippen molar-refractivity contribution in [3.05, 3.63) is 12.5 Å². The Morgan fingerprint density at radius 3 is 3.20 bits per heavy atom. The topological polar surface area (TPSA) is 81.1 Å². The van der Waals surface area contributed by atoms with Gasteiger partial charge in [-0.15, -0.1) is 0 Å². The third-order valence-corrected chi connectivity index (χ3v) is 4.94.